The van der Waals surface area contributed by atoms with Crippen molar-refractivity contribution in [3.8, 4) is 17.2 Å². The molecule has 0 unspecified atom stereocenters. The molecule has 0 saturated heterocycles. The van der Waals surface area contributed by atoms with Crippen LogP contribution in [0.2, 0.25) is 0 Å². The van der Waals surface area contributed by atoms with E-state index in [9.17, 15) is 9.18 Å². The summed E-state index contributed by atoms with van der Waals surface area (Å²) in [5.41, 5.74) is 2.00. The number of benzene rings is 2. The van der Waals surface area contributed by atoms with Gasteiger partial charge in [0.05, 0.1) is 31.7 Å². The van der Waals surface area contributed by atoms with Crippen molar-refractivity contribution in [3.05, 3.63) is 71.3 Å². The number of amides is 1. The van der Waals surface area contributed by atoms with Crippen LogP contribution in [0.5, 0.6) is 11.5 Å². The SMILES string of the molecule is COc1cccc(CNC(=O)c2cnn(-c3ccccc3F)c2C)c1OC. The lowest BCUT2D eigenvalue weighted by Gasteiger charge is -2.13. The zero-order valence-electron chi connectivity index (χ0n) is 15.3. The lowest BCUT2D eigenvalue weighted by Crippen LogP contribution is -2.23. The molecule has 3 aromatic rings. The molecule has 0 bridgehead atoms. The van der Waals surface area contributed by atoms with E-state index in [-0.39, 0.29) is 12.5 Å². The molecule has 140 valence electrons. The molecule has 0 aliphatic carbocycles. The van der Waals surface area contributed by atoms with Gasteiger partial charge in [0.2, 0.25) is 0 Å². The maximum absolute atomic E-state index is 14.0. The maximum atomic E-state index is 14.0. The normalized spacial score (nSPS) is 10.5. The van der Waals surface area contributed by atoms with E-state index in [1.807, 2.05) is 12.1 Å². The summed E-state index contributed by atoms with van der Waals surface area (Å²) in [6.07, 6.45) is 1.43. The summed E-state index contributed by atoms with van der Waals surface area (Å²) in [5, 5.41) is 7.00. The fraction of sp³-hybridized carbons (Fsp3) is 0.200. The number of ether oxygens (including phenoxy) is 2. The summed E-state index contributed by atoms with van der Waals surface area (Å²) >= 11 is 0. The number of hydrogen-bond donors (Lipinski definition) is 1. The minimum atomic E-state index is -0.406. The molecule has 6 nitrogen and oxygen atoms in total. The average molecular weight is 369 g/mol. The van der Waals surface area contributed by atoms with Gasteiger partial charge in [0, 0.05) is 12.1 Å². The number of methoxy groups -OCH3 is 2. The zero-order chi connectivity index (χ0) is 19.4. The van der Waals surface area contributed by atoms with Gasteiger partial charge in [-0.3, -0.25) is 4.79 Å². The van der Waals surface area contributed by atoms with Crippen LogP contribution in [-0.2, 0) is 6.54 Å². The molecule has 0 spiro atoms. The van der Waals surface area contributed by atoms with Gasteiger partial charge in [-0.1, -0.05) is 24.3 Å². The number of aromatic nitrogens is 2. The molecule has 0 aliphatic heterocycles. The third kappa shape index (κ3) is 3.62. The number of hydrogen-bond acceptors (Lipinski definition) is 4. The van der Waals surface area contributed by atoms with Crippen LogP contribution in [0.4, 0.5) is 4.39 Å². The highest BCUT2D eigenvalue weighted by molar-refractivity contribution is 5.95. The molecule has 1 N–H and O–H groups in total. The second kappa shape index (κ2) is 7.90. The highest BCUT2D eigenvalue weighted by atomic mass is 19.1. The van der Waals surface area contributed by atoms with Crippen molar-refractivity contribution in [2.75, 3.05) is 14.2 Å². The van der Waals surface area contributed by atoms with E-state index in [1.54, 1.807) is 45.4 Å². The second-order valence-corrected chi connectivity index (χ2v) is 5.84. The van der Waals surface area contributed by atoms with E-state index in [1.165, 1.54) is 16.9 Å². The fourth-order valence-electron chi connectivity index (χ4n) is 2.86. The Hall–Kier alpha value is -3.35. The van der Waals surface area contributed by atoms with E-state index in [4.69, 9.17) is 9.47 Å². The standard InChI is InChI=1S/C20H20FN3O3/c1-13-15(12-23-24(13)17-9-5-4-8-16(17)21)20(25)22-11-14-7-6-10-18(26-2)19(14)27-3/h4-10,12H,11H2,1-3H3,(H,22,25). The molecule has 0 radical (unpaired) electrons. The molecule has 0 saturated carbocycles. The van der Waals surface area contributed by atoms with Crippen molar-refractivity contribution in [1.82, 2.24) is 15.1 Å². The second-order valence-electron chi connectivity index (χ2n) is 5.84. The Labute approximate surface area is 156 Å². The molecule has 1 amide bonds. The Morgan fingerprint density at radius 2 is 1.93 bits per heavy atom. The van der Waals surface area contributed by atoms with Crippen LogP contribution >= 0.6 is 0 Å². The smallest absolute Gasteiger partial charge is 0.255 e. The summed E-state index contributed by atoms with van der Waals surface area (Å²) in [7, 11) is 3.10. The molecular formula is C20H20FN3O3. The molecule has 0 aliphatic rings. The third-order valence-corrected chi connectivity index (χ3v) is 4.26. The van der Waals surface area contributed by atoms with E-state index in [0.717, 1.165) is 5.56 Å². The molecule has 1 heterocycles. The number of para-hydroxylation sites is 2. The van der Waals surface area contributed by atoms with Crippen molar-refractivity contribution in [2.45, 2.75) is 13.5 Å². The minimum Gasteiger partial charge on any atom is -0.493 e. The lowest BCUT2D eigenvalue weighted by molar-refractivity contribution is 0.0950. The quantitative estimate of drug-likeness (QED) is 0.724. The monoisotopic (exact) mass is 369 g/mol. The van der Waals surface area contributed by atoms with Gasteiger partial charge in [0.15, 0.2) is 11.5 Å². The Balaban J connectivity index is 1.80. The first-order valence-electron chi connectivity index (χ1n) is 8.34. The predicted molar refractivity (Wildman–Crippen MR) is 99.0 cm³/mol. The number of nitrogens with zero attached hydrogens (tertiary/aromatic N) is 2. The lowest BCUT2D eigenvalue weighted by atomic mass is 10.1. The predicted octanol–water partition coefficient (Wildman–Crippen LogP) is 3.27. The maximum Gasteiger partial charge on any atom is 0.255 e. The van der Waals surface area contributed by atoms with Gasteiger partial charge in [-0.25, -0.2) is 9.07 Å². The van der Waals surface area contributed by atoms with Gasteiger partial charge >= 0.3 is 0 Å². The van der Waals surface area contributed by atoms with Crippen molar-refractivity contribution < 1.29 is 18.7 Å². The number of carbonyl (C=O) groups is 1. The van der Waals surface area contributed by atoms with Gasteiger partial charge in [-0.15, -0.1) is 0 Å². The summed E-state index contributed by atoms with van der Waals surface area (Å²) in [6.45, 7) is 1.98. The van der Waals surface area contributed by atoms with Gasteiger partial charge in [-0.2, -0.15) is 5.10 Å². The van der Waals surface area contributed by atoms with Crippen LogP contribution in [0.1, 0.15) is 21.6 Å². The third-order valence-electron chi connectivity index (χ3n) is 4.26. The summed E-state index contributed by atoms with van der Waals surface area (Å²) in [6, 6.07) is 11.7. The topological polar surface area (TPSA) is 65.4 Å². The number of nitrogens with one attached hydrogen (secondary N) is 1. The first-order chi connectivity index (χ1) is 13.1. The van der Waals surface area contributed by atoms with Crippen molar-refractivity contribution >= 4 is 5.91 Å². The van der Waals surface area contributed by atoms with Crippen LogP contribution in [0.3, 0.4) is 0 Å². The van der Waals surface area contributed by atoms with E-state index in [0.29, 0.717) is 28.4 Å². The first kappa shape index (κ1) is 18.4. The number of carbonyl (C=O) groups excluding carboxylic acids is 1. The van der Waals surface area contributed by atoms with Gasteiger partial charge < -0.3 is 14.8 Å². The van der Waals surface area contributed by atoms with Crippen LogP contribution in [-0.4, -0.2) is 29.9 Å². The van der Waals surface area contributed by atoms with Gasteiger partial charge in [0.1, 0.15) is 11.5 Å². The van der Waals surface area contributed by atoms with E-state index in [2.05, 4.69) is 10.4 Å². The van der Waals surface area contributed by atoms with Crippen molar-refractivity contribution in [3.63, 3.8) is 0 Å². The summed E-state index contributed by atoms with van der Waals surface area (Å²) in [5.74, 6) is 0.448. The first-order valence-corrected chi connectivity index (χ1v) is 8.34. The average Bonchev–Trinajstić information content (AvgIpc) is 3.07. The Bertz CT molecular complexity index is 969. The van der Waals surface area contributed by atoms with Crippen LogP contribution in [0.25, 0.3) is 5.69 Å². The van der Waals surface area contributed by atoms with E-state index < -0.39 is 5.82 Å². The molecule has 0 atom stereocenters. The summed E-state index contributed by atoms with van der Waals surface area (Å²) in [4.78, 5) is 12.6. The largest absolute Gasteiger partial charge is 0.493 e. The van der Waals surface area contributed by atoms with E-state index >= 15 is 0 Å². The van der Waals surface area contributed by atoms with Crippen molar-refractivity contribution in [1.29, 1.82) is 0 Å². The molecule has 0 fully saturated rings. The van der Waals surface area contributed by atoms with Crippen LogP contribution in [0.15, 0.2) is 48.7 Å². The minimum absolute atomic E-state index is 0.253. The highest BCUT2D eigenvalue weighted by Crippen LogP contribution is 2.30. The molecule has 7 heteroatoms. The number of rotatable bonds is 6. The molecule has 1 aromatic heterocycles. The molecule has 2 aromatic carbocycles. The molecular weight excluding hydrogens is 349 g/mol. The molecule has 27 heavy (non-hydrogen) atoms. The van der Waals surface area contributed by atoms with Gasteiger partial charge in [0.25, 0.3) is 5.91 Å². The Kier molecular flexibility index (Phi) is 5.40. The Morgan fingerprint density at radius 3 is 2.63 bits per heavy atom. The summed E-state index contributed by atoms with van der Waals surface area (Å²) < 4.78 is 26.1. The van der Waals surface area contributed by atoms with Crippen molar-refractivity contribution in [2.24, 2.45) is 0 Å². The molecule has 3 rings (SSSR count). The van der Waals surface area contributed by atoms with Crippen LogP contribution in [0, 0.1) is 12.7 Å². The highest BCUT2D eigenvalue weighted by Gasteiger charge is 2.17. The Morgan fingerprint density at radius 1 is 1.15 bits per heavy atom. The zero-order valence-corrected chi connectivity index (χ0v) is 15.3. The fourth-order valence-corrected chi connectivity index (χ4v) is 2.86. The number of halogens is 1. The van der Waals surface area contributed by atoms with Gasteiger partial charge in [-0.05, 0) is 25.1 Å². The van der Waals surface area contributed by atoms with Crippen LogP contribution < -0.4 is 14.8 Å².